The lowest BCUT2D eigenvalue weighted by molar-refractivity contribution is 0.493. The molecule has 0 aliphatic heterocycles. The highest BCUT2D eigenvalue weighted by molar-refractivity contribution is 5.51. The van der Waals surface area contributed by atoms with Gasteiger partial charge in [-0.1, -0.05) is 149 Å². The fourth-order valence-electron chi connectivity index (χ4n) is 6.28. The molecule has 2 aromatic rings. The van der Waals surface area contributed by atoms with Crippen LogP contribution in [-0.2, 0) is 45.3 Å². The maximum Gasteiger partial charge on any atom is -0.0126 e. The normalized spacial score (nSPS) is 14.2. The first kappa shape index (κ1) is 33.6. The lowest BCUT2D eigenvalue weighted by Gasteiger charge is -2.38. The molecule has 0 heteroatoms. The van der Waals surface area contributed by atoms with Crippen molar-refractivity contribution in [2.75, 3.05) is 0 Å². The molecule has 0 aromatic heterocycles. The molecule has 0 amide bonds. The minimum atomic E-state index is 0.0979. The molecule has 0 saturated heterocycles. The van der Waals surface area contributed by atoms with Crippen molar-refractivity contribution >= 4 is 0 Å². The highest BCUT2D eigenvalue weighted by Crippen LogP contribution is 2.43. The van der Waals surface area contributed by atoms with Gasteiger partial charge >= 0.3 is 0 Å². The first-order chi connectivity index (χ1) is 17.2. The van der Waals surface area contributed by atoms with E-state index in [4.69, 9.17) is 0 Å². The molecule has 0 spiro atoms. The van der Waals surface area contributed by atoms with E-state index in [1.54, 1.807) is 22.3 Å². The van der Waals surface area contributed by atoms with Gasteiger partial charge in [-0.25, -0.2) is 0 Å². The van der Waals surface area contributed by atoms with Gasteiger partial charge in [-0.2, -0.15) is 0 Å². The molecular formula is C39H64. The molecule has 0 aliphatic rings. The lowest BCUT2D eigenvalue weighted by atomic mass is 9.67. The SMILES string of the molecule is CC(C)(C)c1cc(C(C)(C)C)c(CCCc2ccc(C(C)(C)C)c(C(C)(C)C)c2C(C)(C)C)c(C(C)(C)C)c1. The molecule has 0 unspecified atom stereocenters. The number of hydrogen-bond acceptors (Lipinski definition) is 0. The van der Waals surface area contributed by atoms with Gasteiger partial charge in [-0.05, 0) is 96.3 Å². The number of aryl methyl sites for hydroxylation is 1. The smallest absolute Gasteiger partial charge is 0.0126 e. The van der Waals surface area contributed by atoms with E-state index in [1.165, 1.54) is 28.7 Å². The molecule has 0 nitrogen and oxygen atoms in total. The summed E-state index contributed by atoms with van der Waals surface area (Å²) in [5.41, 5.74) is 13.0. The van der Waals surface area contributed by atoms with E-state index in [0.717, 1.165) is 12.8 Å². The van der Waals surface area contributed by atoms with Crippen LogP contribution in [0.5, 0.6) is 0 Å². The van der Waals surface area contributed by atoms with Crippen LogP contribution >= 0.6 is 0 Å². The Hall–Kier alpha value is -1.56. The topological polar surface area (TPSA) is 0 Å². The molecule has 0 heterocycles. The molecule has 220 valence electrons. The summed E-state index contributed by atoms with van der Waals surface area (Å²) in [6.07, 6.45) is 3.41. The molecule has 0 fully saturated rings. The molecule has 0 radical (unpaired) electrons. The first-order valence-corrected chi connectivity index (χ1v) is 15.5. The summed E-state index contributed by atoms with van der Waals surface area (Å²) in [6.45, 7) is 42.9. The van der Waals surface area contributed by atoms with Gasteiger partial charge in [0, 0.05) is 0 Å². The molecule has 2 rings (SSSR count). The van der Waals surface area contributed by atoms with Gasteiger partial charge in [0.15, 0.2) is 0 Å². The van der Waals surface area contributed by atoms with Gasteiger partial charge in [0.2, 0.25) is 0 Å². The van der Waals surface area contributed by atoms with Gasteiger partial charge in [-0.15, -0.1) is 0 Å². The summed E-state index contributed by atoms with van der Waals surface area (Å²) in [5, 5.41) is 0. The second-order valence-electron chi connectivity index (χ2n) is 18.4. The second kappa shape index (κ2) is 10.7. The van der Waals surface area contributed by atoms with Gasteiger partial charge in [0.25, 0.3) is 0 Å². The molecule has 39 heavy (non-hydrogen) atoms. The summed E-state index contributed by atoms with van der Waals surface area (Å²) in [6, 6.07) is 9.97. The standard InChI is InChI=1S/C39H64/c1-34(2,3)27-24-30(36(7,8)9)28(31(25-27)37(10,11)12)21-19-20-26-22-23-29(35(4,5)6)33(39(16,17)18)32(26)38(13,14)15/h22-25H,19-21H2,1-18H3. The fourth-order valence-corrected chi connectivity index (χ4v) is 6.28. The molecular weight excluding hydrogens is 468 g/mol. The Kier molecular flexibility index (Phi) is 9.22. The molecule has 0 atom stereocenters. The van der Waals surface area contributed by atoms with Crippen molar-refractivity contribution < 1.29 is 0 Å². The Labute approximate surface area is 244 Å². The van der Waals surface area contributed by atoms with Gasteiger partial charge in [0.1, 0.15) is 0 Å². The minimum absolute atomic E-state index is 0.0979. The Balaban J connectivity index is 2.69. The summed E-state index contributed by atoms with van der Waals surface area (Å²) in [5.74, 6) is 0. The first-order valence-electron chi connectivity index (χ1n) is 15.5. The van der Waals surface area contributed by atoms with Crippen molar-refractivity contribution in [3.63, 3.8) is 0 Å². The zero-order valence-electron chi connectivity index (χ0n) is 29.4. The van der Waals surface area contributed by atoms with Crippen LogP contribution < -0.4 is 0 Å². The van der Waals surface area contributed by atoms with Crippen molar-refractivity contribution in [1.82, 2.24) is 0 Å². The number of benzene rings is 2. The van der Waals surface area contributed by atoms with Crippen LogP contribution in [0, 0.1) is 0 Å². The molecule has 0 saturated carbocycles. The van der Waals surface area contributed by atoms with E-state index in [-0.39, 0.29) is 32.5 Å². The zero-order valence-corrected chi connectivity index (χ0v) is 29.4. The van der Waals surface area contributed by atoms with Gasteiger partial charge < -0.3 is 0 Å². The van der Waals surface area contributed by atoms with Crippen LogP contribution in [-0.4, -0.2) is 0 Å². The Morgan fingerprint density at radius 1 is 0.410 bits per heavy atom. The summed E-state index contributed by atoms with van der Waals surface area (Å²) in [7, 11) is 0. The van der Waals surface area contributed by atoms with Gasteiger partial charge in [-0.3, -0.25) is 0 Å². The second-order valence-corrected chi connectivity index (χ2v) is 18.4. The number of hydrogen-bond donors (Lipinski definition) is 0. The van der Waals surface area contributed by atoms with Crippen molar-refractivity contribution in [2.45, 2.75) is 176 Å². The highest BCUT2D eigenvalue weighted by atomic mass is 14.4. The zero-order chi connectivity index (χ0) is 30.6. The third kappa shape index (κ3) is 8.01. The Morgan fingerprint density at radius 3 is 1.15 bits per heavy atom. The predicted molar refractivity (Wildman–Crippen MR) is 177 cm³/mol. The maximum absolute atomic E-state index is 2.53. The van der Waals surface area contributed by atoms with Crippen LogP contribution in [0.15, 0.2) is 24.3 Å². The molecule has 0 N–H and O–H groups in total. The highest BCUT2D eigenvalue weighted by Gasteiger charge is 2.34. The van der Waals surface area contributed by atoms with E-state index >= 15 is 0 Å². The average Bonchev–Trinajstić information content (AvgIpc) is 2.68. The van der Waals surface area contributed by atoms with Crippen molar-refractivity contribution in [3.05, 3.63) is 68.8 Å². The molecule has 0 bridgehead atoms. The predicted octanol–water partition coefficient (Wildman–Crippen LogP) is 11.6. The number of rotatable bonds is 4. The Morgan fingerprint density at radius 2 is 0.821 bits per heavy atom. The lowest BCUT2D eigenvalue weighted by Crippen LogP contribution is -2.29. The molecule has 2 aromatic carbocycles. The average molecular weight is 533 g/mol. The van der Waals surface area contributed by atoms with Crippen LogP contribution in [0.3, 0.4) is 0 Å². The fraction of sp³-hybridized carbons (Fsp3) is 0.692. The quantitative estimate of drug-likeness (QED) is 0.367. The van der Waals surface area contributed by atoms with Crippen LogP contribution in [0.25, 0.3) is 0 Å². The largest absolute Gasteiger partial charge is 0.0584 e. The minimum Gasteiger partial charge on any atom is -0.0584 e. The summed E-state index contributed by atoms with van der Waals surface area (Å²) in [4.78, 5) is 0. The van der Waals surface area contributed by atoms with Crippen LogP contribution in [0.1, 0.15) is 176 Å². The van der Waals surface area contributed by atoms with E-state index in [1.807, 2.05) is 0 Å². The van der Waals surface area contributed by atoms with E-state index in [2.05, 4.69) is 149 Å². The van der Waals surface area contributed by atoms with E-state index in [9.17, 15) is 0 Å². The van der Waals surface area contributed by atoms with E-state index < -0.39 is 0 Å². The van der Waals surface area contributed by atoms with E-state index in [0.29, 0.717) is 0 Å². The monoisotopic (exact) mass is 533 g/mol. The van der Waals surface area contributed by atoms with Crippen molar-refractivity contribution in [1.29, 1.82) is 0 Å². The van der Waals surface area contributed by atoms with Gasteiger partial charge in [0.05, 0.1) is 0 Å². The third-order valence-corrected chi connectivity index (χ3v) is 8.20. The van der Waals surface area contributed by atoms with Crippen molar-refractivity contribution in [2.24, 2.45) is 0 Å². The van der Waals surface area contributed by atoms with Crippen LogP contribution in [0.2, 0.25) is 0 Å². The van der Waals surface area contributed by atoms with Crippen LogP contribution in [0.4, 0.5) is 0 Å². The molecule has 0 aliphatic carbocycles. The maximum atomic E-state index is 2.53. The third-order valence-electron chi connectivity index (χ3n) is 8.20. The summed E-state index contributed by atoms with van der Waals surface area (Å²) < 4.78 is 0. The summed E-state index contributed by atoms with van der Waals surface area (Å²) >= 11 is 0. The van der Waals surface area contributed by atoms with Crippen molar-refractivity contribution in [3.8, 4) is 0 Å². The Bertz CT molecular complexity index is 1110.